The van der Waals surface area contributed by atoms with E-state index in [1.807, 2.05) is 55.9 Å². The van der Waals surface area contributed by atoms with Crippen LogP contribution >= 0.6 is 0 Å². The third-order valence-corrected chi connectivity index (χ3v) is 14.6. The van der Waals surface area contributed by atoms with Gasteiger partial charge >= 0.3 is 90.7 Å². The fourth-order valence-electron chi connectivity index (χ4n) is 8.45. The number of hydrogen-bond donors (Lipinski definition) is 6. The third-order valence-electron chi connectivity index (χ3n) is 14.6. The second-order valence-corrected chi connectivity index (χ2v) is 26.5. The molecule has 0 fully saturated rings. The van der Waals surface area contributed by atoms with Crippen molar-refractivity contribution in [1.82, 2.24) is 45.9 Å². The van der Waals surface area contributed by atoms with Crippen LogP contribution in [-0.4, -0.2) is 191 Å². The van der Waals surface area contributed by atoms with Gasteiger partial charge in [0.2, 0.25) is 11.9 Å². The number of guanidine groups is 2. The highest BCUT2D eigenvalue weighted by molar-refractivity contribution is 6.09. The van der Waals surface area contributed by atoms with Crippen LogP contribution in [0.5, 0.6) is 0 Å². The summed E-state index contributed by atoms with van der Waals surface area (Å²) in [6, 6.07) is 27.1. The van der Waals surface area contributed by atoms with Gasteiger partial charge in [0, 0.05) is 92.9 Å². The lowest BCUT2D eigenvalue weighted by Crippen LogP contribution is -2.45. The molecule has 0 aliphatic heterocycles. The van der Waals surface area contributed by atoms with E-state index in [2.05, 4.69) is 58.5 Å². The molecular weight excluding hydrogens is 1700 g/mol. The average Bonchev–Trinajstić information content (AvgIpc) is 1.69. The highest BCUT2D eigenvalue weighted by atomic mass is 17.2. The van der Waals surface area contributed by atoms with Gasteiger partial charge in [-0.3, -0.25) is 96.7 Å². The number of nitro groups is 6. The number of non-ortho nitro benzene ring substituents is 6. The van der Waals surface area contributed by atoms with Crippen LogP contribution in [0, 0.1) is 66.6 Å². The van der Waals surface area contributed by atoms with Crippen molar-refractivity contribution in [3.63, 3.8) is 0 Å². The lowest BCUT2D eigenvalue weighted by atomic mass is 10.1. The second kappa shape index (κ2) is 49.8. The summed E-state index contributed by atoms with van der Waals surface area (Å²) in [6.45, 7) is 14.6. The van der Waals surface area contributed by atoms with Crippen LogP contribution in [0.2, 0.25) is 0 Å². The van der Waals surface area contributed by atoms with E-state index >= 15 is 0 Å². The van der Waals surface area contributed by atoms with E-state index < -0.39 is 119 Å². The van der Waals surface area contributed by atoms with E-state index in [4.69, 9.17) is 15.2 Å². The molecule has 7 rings (SSSR count). The molecule has 52 heteroatoms. The predicted molar refractivity (Wildman–Crippen MR) is 433 cm³/mol. The van der Waals surface area contributed by atoms with Gasteiger partial charge in [-0.2, -0.15) is 9.98 Å². The number of benzene rings is 6. The van der Waals surface area contributed by atoms with E-state index in [0.29, 0.717) is 25.8 Å². The van der Waals surface area contributed by atoms with Crippen molar-refractivity contribution in [3.8, 4) is 0 Å². The SMILES string of the molecule is CC(CCN)C(=O)OC(C)(C)C.CCCCN=C(NC(=O)OC(=O)c1ccc([N+](=O)[O-])cc1)NC(=O)OC(=O)c1ccc([N+](=O)[O-])cc1.CN(CCN=C(NC(=O)OC(=O)c1ccc([N+](=O)[O-])cc1)NC(=O)OC(=O)c1ccc([N+](=O)[O-])cc1)C(=O)OC(C)(C)C.O=C(NC(=[N+]=COOC(=O)c1ccc([N+](=O)[O-])cc1)n1cccn1)OC(=O)c1ccc([N+](=O)[O-])cc1. The van der Waals surface area contributed by atoms with Crippen molar-refractivity contribution in [1.29, 1.82) is 0 Å². The number of aliphatic imine (C=N–C) groups is 2. The molecule has 0 spiro atoms. The Hall–Kier alpha value is -17.6. The van der Waals surface area contributed by atoms with E-state index in [1.165, 1.54) is 25.5 Å². The number of hydrogen-bond acceptors (Lipinski definition) is 38. The fourth-order valence-corrected chi connectivity index (χ4v) is 8.45. The number of nitrogens with one attached hydrogen (secondary N) is 5. The van der Waals surface area contributed by atoms with Crippen LogP contribution in [0.25, 0.3) is 0 Å². The van der Waals surface area contributed by atoms with Crippen molar-refractivity contribution >= 4 is 137 Å². The number of ether oxygens (including phenoxy) is 7. The van der Waals surface area contributed by atoms with Crippen molar-refractivity contribution in [2.45, 2.75) is 85.9 Å². The number of alkyl carbamates (subject to hydrolysis) is 5. The average molecular weight is 1770 g/mol. The highest BCUT2D eigenvalue weighted by Crippen LogP contribution is 2.20. The quantitative estimate of drug-likeness (QED) is 0.00332. The Balaban J connectivity index is 0.000000375. The van der Waals surface area contributed by atoms with Gasteiger partial charge in [-0.25, -0.2) is 67.3 Å². The molecule has 52 nitrogen and oxygen atoms in total. The topological polar surface area (TPSA) is 710 Å². The summed E-state index contributed by atoms with van der Waals surface area (Å²) in [5, 5.41) is 78.3. The molecule has 0 bridgehead atoms. The van der Waals surface area contributed by atoms with Crippen LogP contribution in [0.15, 0.2) is 174 Å². The molecule has 1 heterocycles. The third kappa shape index (κ3) is 37.7. The number of aromatic nitrogens is 2. The first-order valence-corrected chi connectivity index (χ1v) is 36.1. The van der Waals surface area contributed by atoms with Gasteiger partial charge < -0.3 is 43.8 Å². The van der Waals surface area contributed by atoms with Crippen LogP contribution < -0.4 is 37.0 Å². The van der Waals surface area contributed by atoms with Crippen LogP contribution in [0.4, 0.5) is 62.9 Å². The molecule has 0 aliphatic carbocycles. The molecule has 127 heavy (non-hydrogen) atoms. The number of likely N-dealkylation sites (N-methyl/N-ethyl adjacent to an activating group) is 1. The first kappa shape index (κ1) is 102. The Labute approximate surface area is 713 Å². The van der Waals surface area contributed by atoms with Gasteiger partial charge in [0.1, 0.15) is 11.2 Å². The van der Waals surface area contributed by atoms with Gasteiger partial charge in [0.05, 0.1) is 87.8 Å². The smallest absolute Gasteiger partial charge is 0.460 e. The van der Waals surface area contributed by atoms with Crippen LogP contribution in [0.3, 0.4) is 0 Å². The Morgan fingerprint density at radius 2 is 0.756 bits per heavy atom. The maximum atomic E-state index is 12.3. The molecule has 670 valence electrons. The Morgan fingerprint density at radius 1 is 0.465 bits per heavy atom. The highest BCUT2D eigenvalue weighted by Gasteiger charge is 2.28. The lowest BCUT2D eigenvalue weighted by Gasteiger charge is -2.24. The van der Waals surface area contributed by atoms with Crippen molar-refractivity contribution in [2.24, 2.45) is 21.6 Å². The first-order chi connectivity index (χ1) is 59.8. The number of nitrogens with two attached hydrogens (primary N) is 1. The van der Waals surface area contributed by atoms with Gasteiger partial charge in [0.15, 0.2) is 0 Å². The summed E-state index contributed by atoms with van der Waals surface area (Å²) in [5.74, 6) is -8.46. The minimum absolute atomic E-state index is 0.0447. The van der Waals surface area contributed by atoms with E-state index in [-0.39, 0.29) is 111 Å². The lowest BCUT2D eigenvalue weighted by molar-refractivity contribution is -0.385. The molecule has 1 aromatic heterocycles. The summed E-state index contributed by atoms with van der Waals surface area (Å²) in [7, 11) is 1.40. The molecule has 7 N–H and O–H groups in total. The number of carbonyl (C=O) groups is 13. The zero-order valence-electron chi connectivity index (χ0n) is 68.0. The zero-order chi connectivity index (χ0) is 94.8. The number of esters is 6. The number of nitro benzene ring substituents is 6. The molecule has 6 aromatic carbocycles. The first-order valence-electron chi connectivity index (χ1n) is 36.1. The largest absolute Gasteiger partial charge is 0.485 e. The van der Waals surface area contributed by atoms with Crippen molar-refractivity contribution < 1.29 is 135 Å². The van der Waals surface area contributed by atoms with Gasteiger partial charge in [0.25, 0.3) is 34.1 Å². The fraction of sp³-hybridized carbons (Fsp3) is 0.253. The molecule has 0 saturated heterocycles. The van der Waals surface area contributed by atoms with Crippen molar-refractivity contribution in [2.75, 3.05) is 33.2 Å². The Morgan fingerprint density at radius 3 is 1.02 bits per heavy atom. The van der Waals surface area contributed by atoms with Gasteiger partial charge in [-0.15, -0.1) is 9.78 Å². The predicted octanol–water partition coefficient (Wildman–Crippen LogP) is 8.92. The van der Waals surface area contributed by atoms with Crippen LogP contribution in [0.1, 0.15) is 137 Å². The summed E-state index contributed by atoms with van der Waals surface area (Å²) < 4.78 is 38.2. The normalized spacial score (nSPS) is 10.4. The number of nitrogens with zero attached hydrogens (tertiary/aromatic N) is 12. The van der Waals surface area contributed by atoms with Gasteiger partial charge in [-0.1, -0.05) is 20.3 Å². The summed E-state index contributed by atoms with van der Waals surface area (Å²) in [4.78, 5) is 235. The van der Waals surface area contributed by atoms with Crippen LogP contribution in [-0.2, 0) is 47.7 Å². The molecule has 1 unspecified atom stereocenters. The Kier molecular flexibility index (Phi) is 39.9. The maximum Gasteiger partial charge on any atom is 0.485 e. The summed E-state index contributed by atoms with van der Waals surface area (Å²) in [5.41, 5.74) is 1.63. The van der Waals surface area contributed by atoms with E-state index in [1.54, 1.807) is 20.8 Å². The standard InChI is InChI=1S/C25H26N6O12.C21H19N5O10.C20H12N6O10.C9H19NO2/c1-25(2,3)43-24(36)29(4)14-13-26-21(27-22(34)41-19(32)15-5-9-17(10-6-15)30(37)38)28-23(35)42-20(33)16-7-11-18(12-8-16)31(39)40;1-2-3-12-22-19(23-20(29)35-17(27)13-4-8-15(9-5-13)25(31)32)24-21(30)36-18(28)14-6-10-16(11-7-14)26(33)34;27-17(13-2-6-15(7-3-13)25(30)31)35-20(29)23-19(24-11-1-10-22-24)21-12-34-36-18(28)14-4-8-16(9-5-14)26(32)33;1-7(5-6-10)8(11)12-9(2,3)4/h5-12H,13-14H2,1-4H3,(H2,26,27,28,34,35);4-11H,2-3,12H2,1H3,(H2,22,23,24,29,30);1-12H;7H,5-6,10H2,1-4H3/p+1. The van der Waals surface area contributed by atoms with Crippen molar-refractivity contribution in [3.05, 3.63) is 258 Å². The molecule has 1 atom stereocenters. The minimum Gasteiger partial charge on any atom is -0.460 e. The molecular formula is C75H77N18O34+. The van der Waals surface area contributed by atoms with Gasteiger partial charge in [-0.05, 0) is 140 Å². The van der Waals surface area contributed by atoms with E-state index in [9.17, 15) is 123 Å². The second-order valence-electron chi connectivity index (χ2n) is 26.5. The summed E-state index contributed by atoms with van der Waals surface area (Å²) in [6.07, 6.45) is -2.19. The maximum absolute atomic E-state index is 12.3. The number of carbonyl (C=O) groups excluding carboxylic acids is 13. The molecule has 0 saturated carbocycles. The van der Waals surface area contributed by atoms with E-state index in [0.717, 1.165) is 162 Å². The number of amides is 6. The zero-order valence-corrected chi connectivity index (χ0v) is 68.0. The number of unbranched alkanes of at least 4 members (excludes halogenated alkanes) is 1. The monoisotopic (exact) mass is 1770 g/mol. The summed E-state index contributed by atoms with van der Waals surface area (Å²) >= 11 is 0. The molecule has 6 amide bonds. The minimum atomic E-state index is -1.44. The Bertz CT molecular complexity index is 5150. The molecule has 0 aliphatic rings. The number of rotatable bonds is 23. The molecule has 0 radical (unpaired) electrons. The molecule has 7 aromatic rings.